The Kier molecular flexibility index (Phi) is 5.54. The molecule has 0 saturated carbocycles. The zero-order valence-electron chi connectivity index (χ0n) is 12.4. The lowest BCUT2D eigenvalue weighted by Crippen LogP contribution is -2.06. The van der Waals surface area contributed by atoms with Crippen molar-refractivity contribution in [3.8, 4) is 5.75 Å². The van der Waals surface area contributed by atoms with Crippen LogP contribution in [0.3, 0.4) is 0 Å². The second-order valence-corrected chi connectivity index (χ2v) is 6.51. The van der Waals surface area contributed by atoms with Crippen LogP contribution in [0.15, 0.2) is 40.9 Å². The van der Waals surface area contributed by atoms with E-state index in [-0.39, 0.29) is 6.10 Å². The first kappa shape index (κ1) is 16.2. The lowest BCUT2D eigenvalue weighted by Gasteiger charge is -2.13. The number of halogens is 2. The van der Waals surface area contributed by atoms with Crippen molar-refractivity contribution in [2.75, 3.05) is 5.32 Å². The normalized spacial score (nSPS) is 10.8. The number of benzene rings is 2. The van der Waals surface area contributed by atoms with E-state index in [1.54, 1.807) is 0 Å². The number of hydrogen-bond donors (Lipinski definition) is 1. The van der Waals surface area contributed by atoms with Crippen LogP contribution in [0.25, 0.3) is 0 Å². The second-order valence-electron chi connectivity index (χ2n) is 5.25. The summed E-state index contributed by atoms with van der Waals surface area (Å²) in [6.45, 7) is 6.81. The van der Waals surface area contributed by atoms with Crippen LogP contribution in [0, 0.1) is 6.92 Å². The fourth-order valence-corrected chi connectivity index (χ4v) is 2.45. The van der Waals surface area contributed by atoms with Crippen molar-refractivity contribution in [3.05, 3.63) is 57.0 Å². The molecular weight excluding hydrogens is 350 g/mol. The monoisotopic (exact) mass is 367 g/mol. The van der Waals surface area contributed by atoms with Crippen molar-refractivity contribution in [1.29, 1.82) is 0 Å². The first-order chi connectivity index (χ1) is 9.95. The minimum atomic E-state index is 0.118. The molecule has 2 rings (SSSR count). The molecule has 1 N–H and O–H groups in total. The van der Waals surface area contributed by atoms with Gasteiger partial charge in [-0.2, -0.15) is 0 Å². The Morgan fingerprint density at radius 2 is 1.95 bits per heavy atom. The molecule has 0 fully saturated rings. The number of rotatable bonds is 5. The molecule has 0 aliphatic heterocycles. The molecule has 0 bridgehead atoms. The average Bonchev–Trinajstić information content (AvgIpc) is 2.42. The zero-order chi connectivity index (χ0) is 15.4. The van der Waals surface area contributed by atoms with Crippen LogP contribution < -0.4 is 10.1 Å². The SMILES string of the molecule is Cc1cc(CNc2ccc(OC(C)C)c(Cl)c2)ccc1Br. The van der Waals surface area contributed by atoms with Crippen LogP contribution in [0.4, 0.5) is 5.69 Å². The molecule has 0 atom stereocenters. The summed E-state index contributed by atoms with van der Waals surface area (Å²) in [5.74, 6) is 0.719. The van der Waals surface area contributed by atoms with Gasteiger partial charge in [0.25, 0.3) is 0 Å². The molecule has 21 heavy (non-hydrogen) atoms. The smallest absolute Gasteiger partial charge is 0.138 e. The van der Waals surface area contributed by atoms with Gasteiger partial charge in [0.15, 0.2) is 0 Å². The number of ether oxygens (including phenoxy) is 1. The van der Waals surface area contributed by atoms with Gasteiger partial charge in [-0.25, -0.2) is 0 Å². The number of hydrogen-bond acceptors (Lipinski definition) is 2. The highest BCUT2D eigenvalue weighted by Crippen LogP contribution is 2.28. The van der Waals surface area contributed by atoms with Crippen LogP contribution >= 0.6 is 27.5 Å². The minimum Gasteiger partial charge on any atom is -0.489 e. The third-order valence-electron chi connectivity index (χ3n) is 3.01. The molecule has 2 aromatic carbocycles. The van der Waals surface area contributed by atoms with Gasteiger partial charge < -0.3 is 10.1 Å². The summed E-state index contributed by atoms with van der Waals surface area (Å²) < 4.78 is 6.76. The second kappa shape index (κ2) is 7.19. The van der Waals surface area contributed by atoms with Crippen LogP contribution in [-0.4, -0.2) is 6.10 Å². The highest BCUT2D eigenvalue weighted by molar-refractivity contribution is 9.10. The first-order valence-corrected chi connectivity index (χ1v) is 8.08. The minimum absolute atomic E-state index is 0.118. The third kappa shape index (κ3) is 4.65. The summed E-state index contributed by atoms with van der Waals surface area (Å²) in [5, 5.41) is 4.00. The molecule has 2 nitrogen and oxygen atoms in total. The predicted octanol–water partition coefficient (Wildman–Crippen LogP) is 5.81. The summed E-state index contributed by atoms with van der Waals surface area (Å²) >= 11 is 9.74. The molecule has 0 radical (unpaired) electrons. The Balaban J connectivity index is 2.03. The van der Waals surface area contributed by atoms with Gasteiger partial charge in [0.1, 0.15) is 5.75 Å². The fourth-order valence-electron chi connectivity index (χ4n) is 1.98. The van der Waals surface area contributed by atoms with Gasteiger partial charge in [-0.3, -0.25) is 0 Å². The van der Waals surface area contributed by atoms with Crippen LogP contribution in [0.1, 0.15) is 25.0 Å². The molecular formula is C17H19BrClNO. The van der Waals surface area contributed by atoms with E-state index in [2.05, 4.69) is 46.4 Å². The van der Waals surface area contributed by atoms with Crippen molar-refractivity contribution >= 4 is 33.2 Å². The molecule has 0 heterocycles. The fraction of sp³-hybridized carbons (Fsp3) is 0.294. The molecule has 0 amide bonds. The Labute approximate surface area is 139 Å². The van der Waals surface area contributed by atoms with Gasteiger partial charge >= 0.3 is 0 Å². The van der Waals surface area contributed by atoms with Gasteiger partial charge in [-0.05, 0) is 56.2 Å². The van der Waals surface area contributed by atoms with E-state index >= 15 is 0 Å². The van der Waals surface area contributed by atoms with E-state index in [1.807, 2.05) is 32.0 Å². The summed E-state index contributed by atoms with van der Waals surface area (Å²) in [4.78, 5) is 0. The van der Waals surface area contributed by atoms with E-state index < -0.39 is 0 Å². The van der Waals surface area contributed by atoms with E-state index in [9.17, 15) is 0 Å². The van der Waals surface area contributed by atoms with Crippen LogP contribution in [0.2, 0.25) is 5.02 Å². The first-order valence-electron chi connectivity index (χ1n) is 6.91. The molecule has 2 aromatic rings. The van der Waals surface area contributed by atoms with Crippen molar-refractivity contribution in [2.24, 2.45) is 0 Å². The van der Waals surface area contributed by atoms with Crippen LogP contribution in [-0.2, 0) is 6.54 Å². The lowest BCUT2D eigenvalue weighted by atomic mass is 10.1. The van der Waals surface area contributed by atoms with Crippen LogP contribution in [0.5, 0.6) is 5.75 Å². The maximum absolute atomic E-state index is 6.23. The summed E-state index contributed by atoms with van der Waals surface area (Å²) in [6.07, 6.45) is 0.118. The van der Waals surface area contributed by atoms with Gasteiger partial charge in [0.05, 0.1) is 11.1 Å². The maximum atomic E-state index is 6.23. The quantitative estimate of drug-likeness (QED) is 0.719. The Hall–Kier alpha value is -1.19. The Morgan fingerprint density at radius 3 is 2.57 bits per heavy atom. The summed E-state index contributed by atoms with van der Waals surface area (Å²) in [6, 6.07) is 12.1. The standard InChI is InChI=1S/C17H19BrClNO/c1-11(2)21-17-7-5-14(9-16(17)19)20-10-13-4-6-15(18)12(3)8-13/h4-9,11,20H,10H2,1-3H3. The van der Waals surface area contributed by atoms with E-state index in [4.69, 9.17) is 16.3 Å². The van der Waals surface area contributed by atoms with E-state index in [0.717, 1.165) is 22.5 Å². The molecule has 0 spiro atoms. The molecule has 112 valence electrons. The number of anilines is 1. The molecule has 0 aliphatic rings. The molecule has 0 aromatic heterocycles. The molecule has 0 saturated heterocycles. The van der Waals surface area contributed by atoms with Crippen molar-refractivity contribution < 1.29 is 4.74 Å². The number of nitrogens with one attached hydrogen (secondary N) is 1. The van der Waals surface area contributed by atoms with Gasteiger partial charge in [-0.15, -0.1) is 0 Å². The largest absolute Gasteiger partial charge is 0.489 e. The molecule has 4 heteroatoms. The highest BCUT2D eigenvalue weighted by Gasteiger charge is 2.05. The number of aryl methyl sites for hydroxylation is 1. The van der Waals surface area contributed by atoms with Gasteiger partial charge in [0, 0.05) is 16.7 Å². The van der Waals surface area contributed by atoms with E-state index in [0.29, 0.717) is 5.02 Å². The predicted molar refractivity (Wildman–Crippen MR) is 93.4 cm³/mol. The topological polar surface area (TPSA) is 21.3 Å². The zero-order valence-corrected chi connectivity index (χ0v) is 14.8. The van der Waals surface area contributed by atoms with Crippen molar-refractivity contribution in [3.63, 3.8) is 0 Å². The van der Waals surface area contributed by atoms with Crippen molar-refractivity contribution in [2.45, 2.75) is 33.4 Å². The third-order valence-corrected chi connectivity index (χ3v) is 4.20. The Bertz CT molecular complexity index is 628. The maximum Gasteiger partial charge on any atom is 0.138 e. The van der Waals surface area contributed by atoms with E-state index in [1.165, 1.54) is 11.1 Å². The highest BCUT2D eigenvalue weighted by atomic mass is 79.9. The Morgan fingerprint density at radius 1 is 1.19 bits per heavy atom. The van der Waals surface area contributed by atoms with Gasteiger partial charge in [0.2, 0.25) is 0 Å². The molecule has 0 unspecified atom stereocenters. The van der Waals surface area contributed by atoms with Crippen molar-refractivity contribution in [1.82, 2.24) is 0 Å². The molecule has 0 aliphatic carbocycles. The summed E-state index contributed by atoms with van der Waals surface area (Å²) in [7, 11) is 0. The summed E-state index contributed by atoms with van der Waals surface area (Å²) in [5.41, 5.74) is 3.44. The average molecular weight is 369 g/mol. The lowest BCUT2D eigenvalue weighted by molar-refractivity contribution is 0.242. The van der Waals surface area contributed by atoms with Gasteiger partial charge in [-0.1, -0.05) is 39.7 Å².